The summed E-state index contributed by atoms with van der Waals surface area (Å²) in [6, 6.07) is 14.0. The number of amides is 2. The van der Waals surface area contributed by atoms with Gasteiger partial charge in [0.1, 0.15) is 0 Å². The zero-order valence-corrected chi connectivity index (χ0v) is 16.6. The van der Waals surface area contributed by atoms with E-state index in [0.29, 0.717) is 12.2 Å². The number of aryl methyl sites for hydroxylation is 1. The van der Waals surface area contributed by atoms with Crippen LogP contribution in [-0.2, 0) is 16.4 Å². The highest BCUT2D eigenvalue weighted by Crippen LogP contribution is 2.32. The fourth-order valence-electron chi connectivity index (χ4n) is 3.89. The molecule has 0 aliphatic carbocycles. The smallest absolute Gasteiger partial charge is 0.321 e. The molecule has 4 rings (SSSR count). The number of anilines is 2. The highest BCUT2D eigenvalue weighted by atomic mass is 32.2. The number of fused-ring (bicyclic) bond motifs is 1. The zero-order valence-electron chi connectivity index (χ0n) is 15.8. The highest BCUT2D eigenvalue weighted by Gasteiger charge is 2.28. The maximum absolute atomic E-state index is 13.2. The van der Waals surface area contributed by atoms with Gasteiger partial charge in [0.05, 0.1) is 10.6 Å². The molecule has 1 fully saturated rings. The molecule has 0 saturated carbocycles. The first-order chi connectivity index (χ1) is 13.6. The molecule has 2 aliphatic rings. The second-order valence-corrected chi connectivity index (χ2v) is 9.17. The van der Waals surface area contributed by atoms with Crippen molar-refractivity contribution < 1.29 is 13.2 Å². The van der Waals surface area contributed by atoms with Crippen LogP contribution in [0.5, 0.6) is 0 Å². The molecule has 2 aliphatic heterocycles. The lowest BCUT2D eigenvalue weighted by molar-refractivity contribution is 0.200. The number of hydrogen-bond donors (Lipinski definition) is 1. The minimum Gasteiger partial charge on any atom is -0.325 e. The molecule has 6 nitrogen and oxygen atoms in total. The fraction of sp³-hybridized carbons (Fsp3) is 0.381. The maximum Gasteiger partial charge on any atom is 0.321 e. The first-order valence-corrected chi connectivity index (χ1v) is 11.3. The number of hydrogen-bond acceptors (Lipinski definition) is 3. The van der Waals surface area contributed by atoms with Crippen molar-refractivity contribution in [3.63, 3.8) is 0 Å². The van der Waals surface area contributed by atoms with E-state index in [1.54, 1.807) is 29.2 Å². The average molecular weight is 400 g/mol. The van der Waals surface area contributed by atoms with Gasteiger partial charge in [-0.15, -0.1) is 0 Å². The summed E-state index contributed by atoms with van der Waals surface area (Å²) in [5.41, 5.74) is 2.42. The molecule has 2 aromatic rings. The van der Waals surface area contributed by atoms with E-state index in [1.165, 1.54) is 4.31 Å². The molecular weight excluding hydrogens is 374 g/mol. The van der Waals surface area contributed by atoms with Gasteiger partial charge in [-0.3, -0.25) is 4.31 Å². The number of piperidine rings is 1. The highest BCUT2D eigenvalue weighted by molar-refractivity contribution is 7.92. The van der Waals surface area contributed by atoms with E-state index >= 15 is 0 Å². The van der Waals surface area contributed by atoms with E-state index in [1.807, 2.05) is 24.3 Å². The molecule has 148 valence electrons. The number of likely N-dealkylation sites (tertiary alicyclic amines) is 1. The molecule has 2 aromatic carbocycles. The van der Waals surface area contributed by atoms with E-state index in [4.69, 9.17) is 0 Å². The van der Waals surface area contributed by atoms with Crippen LogP contribution in [0.2, 0.25) is 0 Å². The van der Waals surface area contributed by atoms with Gasteiger partial charge in [0.2, 0.25) is 0 Å². The summed E-state index contributed by atoms with van der Waals surface area (Å²) in [6.07, 6.45) is 4.92. The van der Waals surface area contributed by atoms with Crippen molar-refractivity contribution in [1.29, 1.82) is 0 Å². The lowest BCUT2D eigenvalue weighted by Crippen LogP contribution is -2.38. The van der Waals surface area contributed by atoms with Crippen LogP contribution in [0.1, 0.15) is 31.2 Å². The van der Waals surface area contributed by atoms with Gasteiger partial charge in [-0.1, -0.05) is 18.2 Å². The second-order valence-electron chi connectivity index (χ2n) is 7.31. The Balaban J connectivity index is 1.51. The first kappa shape index (κ1) is 18.8. The van der Waals surface area contributed by atoms with Gasteiger partial charge in [0.25, 0.3) is 10.0 Å². The molecule has 0 spiro atoms. The monoisotopic (exact) mass is 399 g/mol. The zero-order chi connectivity index (χ0) is 19.6. The molecule has 0 atom stereocenters. The van der Waals surface area contributed by atoms with Gasteiger partial charge in [-0.25, -0.2) is 13.2 Å². The topological polar surface area (TPSA) is 69.7 Å². The summed E-state index contributed by atoms with van der Waals surface area (Å²) >= 11 is 0. The van der Waals surface area contributed by atoms with Gasteiger partial charge in [-0.05, 0) is 68.0 Å². The van der Waals surface area contributed by atoms with Crippen molar-refractivity contribution in [2.24, 2.45) is 0 Å². The molecule has 1 N–H and O–H groups in total. The normalized spacial score (nSPS) is 17.1. The molecule has 1 saturated heterocycles. The van der Waals surface area contributed by atoms with E-state index in [0.717, 1.165) is 56.4 Å². The number of rotatable bonds is 3. The number of para-hydroxylation sites is 1. The van der Waals surface area contributed by atoms with Gasteiger partial charge < -0.3 is 10.2 Å². The summed E-state index contributed by atoms with van der Waals surface area (Å²) in [5, 5.41) is 2.86. The van der Waals surface area contributed by atoms with Crippen LogP contribution in [0.25, 0.3) is 0 Å². The lowest BCUT2D eigenvalue weighted by Gasteiger charge is -2.30. The van der Waals surface area contributed by atoms with Gasteiger partial charge in [-0.2, -0.15) is 0 Å². The molecule has 7 heteroatoms. The Bertz CT molecular complexity index is 951. The summed E-state index contributed by atoms with van der Waals surface area (Å²) in [7, 11) is -3.63. The number of urea groups is 1. The third kappa shape index (κ3) is 3.71. The summed E-state index contributed by atoms with van der Waals surface area (Å²) < 4.78 is 27.8. The van der Waals surface area contributed by atoms with Gasteiger partial charge >= 0.3 is 6.03 Å². The Labute approximate surface area is 166 Å². The third-order valence-electron chi connectivity index (χ3n) is 5.40. The van der Waals surface area contributed by atoms with Crippen LogP contribution in [0.4, 0.5) is 16.2 Å². The molecule has 0 bridgehead atoms. The van der Waals surface area contributed by atoms with Crippen molar-refractivity contribution in [3.05, 3.63) is 54.1 Å². The van der Waals surface area contributed by atoms with Crippen molar-refractivity contribution in [1.82, 2.24) is 4.90 Å². The number of carbonyl (C=O) groups is 1. The third-order valence-corrected chi connectivity index (χ3v) is 7.23. The Morgan fingerprint density at radius 3 is 2.32 bits per heavy atom. The first-order valence-electron chi connectivity index (χ1n) is 9.82. The van der Waals surface area contributed by atoms with Gasteiger partial charge in [0, 0.05) is 25.3 Å². The molecule has 0 aromatic heterocycles. The van der Waals surface area contributed by atoms with Crippen molar-refractivity contribution in [2.75, 3.05) is 29.3 Å². The Hall–Kier alpha value is -2.54. The van der Waals surface area contributed by atoms with Crippen LogP contribution in [0.3, 0.4) is 0 Å². The van der Waals surface area contributed by atoms with Crippen molar-refractivity contribution >= 4 is 27.4 Å². The van der Waals surface area contributed by atoms with E-state index in [-0.39, 0.29) is 10.9 Å². The molecule has 28 heavy (non-hydrogen) atoms. The van der Waals surface area contributed by atoms with Crippen LogP contribution >= 0.6 is 0 Å². The Morgan fingerprint density at radius 2 is 1.57 bits per heavy atom. The molecule has 2 heterocycles. The SMILES string of the molecule is O=C(Nc1ccc(S(=O)(=O)N2CCCc3ccccc32)cc1)N1CCCCC1. The number of nitrogens with one attached hydrogen (secondary N) is 1. The van der Waals surface area contributed by atoms with E-state index in [2.05, 4.69) is 5.32 Å². The van der Waals surface area contributed by atoms with Crippen LogP contribution in [0, 0.1) is 0 Å². The fourth-order valence-corrected chi connectivity index (χ4v) is 5.43. The number of nitrogens with zero attached hydrogens (tertiary/aromatic N) is 2. The largest absolute Gasteiger partial charge is 0.325 e. The van der Waals surface area contributed by atoms with E-state index < -0.39 is 10.0 Å². The second kappa shape index (κ2) is 7.83. The Kier molecular flexibility index (Phi) is 5.26. The van der Waals surface area contributed by atoms with E-state index in [9.17, 15) is 13.2 Å². The standard InChI is InChI=1S/C21H25N3O3S/c25-21(23-14-4-1-5-15-23)22-18-10-12-19(13-11-18)28(26,27)24-16-6-8-17-7-2-3-9-20(17)24/h2-3,7,9-13H,1,4-6,8,14-16H2,(H,22,25). The minimum atomic E-state index is -3.63. The van der Waals surface area contributed by atoms with Crippen LogP contribution < -0.4 is 9.62 Å². The Morgan fingerprint density at radius 1 is 0.857 bits per heavy atom. The minimum absolute atomic E-state index is 0.125. The summed E-state index contributed by atoms with van der Waals surface area (Å²) in [6.45, 7) is 2.02. The van der Waals surface area contributed by atoms with Crippen LogP contribution in [0.15, 0.2) is 53.4 Å². The summed E-state index contributed by atoms with van der Waals surface area (Å²) in [4.78, 5) is 14.4. The molecule has 2 amide bonds. The number of carbonyl (C=O) groups excluding carboxylic acids is 1. The number of sulfonamides is 1. The molecule has 0 unspecified atom stereocenters. The summed E-state index contributed by atoms with van der Waals surface area (Å²) in [5.74, 6) is 0. The van der Waals surface area contributed by atoms with Crippen LogP contribution in [-0.4, -0.2) is 39.0 Å². The maximum atomic E-state index is 13.2. The van der Waals surface area contributed by atoms with Crippen molar-refractivity contribution in [2.45, 2.75) is 37.0 Å². The molecular formula is C21H25N3O3S. The number of benzene rings is 2. The lowest BCUT2D eigenvalue weighted by atomic mass is 10.0. The predicted molar refractivity (Wildman–Crippen MR) is 110 cm³/mol. The molecule has 0 radical (unpaired) electrons. The quantitative estimate of drug-likeness (QED) is 0.852. The predicted octanol–water partition coefficient (Wildman–Crippen LogP) is 3.85. The van der Waals surface area contributed by atoms with Crippen molar-refractivity contribution in [3.8, 4) is 0 Å². The van der Waals surface area contributed by atoms with Gasteiger partial charge in [0.15, 0.2) is 0 Å². The average Bonchev–Trinajstić information content (AvgIpc) is 2.74.